The van der Waals surface area contributed by atoms with Crippen LogP contribution in [0.3, 0.4) is 0 Å². The van der Waals surface area contributed by atoms with E-state index in [2.05, 4.69) is 13.0 Å². The molecule has 1 atom stereocenters. The van der Waals surface area contributed by atoms with Crippen LogP contribution in [0.1, 0.15) is 60.8 Å². The lowest BCUT2D eigenvalue weighted by Gasteiger charge is -2.23. The van der Waals surface area contributed by atoms with Crippen molar-refractivity contribution in [1.29, 1.82) is 0 Å². The van der Waals surface area contributed by atoms with Crippen LogP contribution in [0.2, 0.25) is 0 Å². The lowest BCUT2D eigenvalue weighted by molar-refractivity contribution is -0.143. The SMILES string of the molecule is CCc1ccccc1C(Oc1cccc(OC(=O)C(C)(C)C)c1)c1ccc(C(=O)OC)cc1. The van der Waals surface area contributed by atoms with Gasteiger partial charge in [-0.1, -0.05) is 49.4 Å². The first kappa shape index (κ1) is 24.1. The summed E-state index contributed by atoms with van der Waals surface area (Å²) in [7, 11) is 1.36. The van der Waals surface area contributed by atoms with Crippen molar-refractivity contribution in [3.05, 3.63) is 95.1 Å². The van der Waals surface area contributed by atoms with Crippen molar-refractivity contribution < 1.29 is 23.8 Å². The largest absolute Gasteiger partial charge is 0.481 e. The highest BCUT2D eigenvalue weighted by molar-refractivity contribution is 5.89. The van der Waals surface area contributed by atoms with Gasteiger partial charge in [-0.15, -0.1) is 0 Å². The van der Waals surface area contributed by atoms with Crippen molar-refractivity contribution in [2.24, 2.45) is 5.41 Å². The molecule has 5 nitrogen and oxygen atoms in total. The van der Waals surface area contributed by atoms with Crippen molar-refractivity contribution in [3.63, 3.8) is 0 Å². The van der Waals surface area contributed by atoms with Gasteiger partial charge in [-0.25, -0.2) is 4.79 Å². The van der Waals surface area contributed by atoms with Crippen molar-refractivity contribution in [2.75, 3.05) is 7.11 Å². The molecule has 5 heteroatoms. The molecule has 3 rings (SSSR count). The Balaban J connectivity index is 1.97. The summed E-state index contributed by atoms with van der Waals surface area (Å²) in [6.45, 7) is 7.53. The number of carbonyl (C=O) groups is 2. The van der Waals surface area contributed by atoms with Gasteiger partial charge in [0, 0.05) is 11.6 Å². The van der Waals surface area contributed by atoms with Crippen molar-refractivity contribution >= 4 is 11.9 Å². The van der Waals surface area contributed by atoms with E-state index in [1.165, 1.54) is 7.11 Å². The van der Waals surface area contributed by atoms with Crippen LogP contribution in [0.5, 0.6) is 11.5 Å². The van der Waals surface area contributed by atoms with Crippen LogP contribution in [0, 0.1) is 5.41 Å². The highest BCUT2D eigenvalue weighted by Gasteiger charge is 2.24. The van der Waals surface area contributed by atoms with Gasteiger partial charge in [-0.3, -0.25) is 4.79 Å². The van der Waals surface area contributed by atoms with E-state index in [0.717, 1.165) is 23.1 Å². The quantitative estimate of drug-likeness (QED) is 0.321. The van der Waals surface area contributed by atoms with E-state index in [4.69, 9.17) is 14.2 Å². The molecule has 1 unspecified atom stereocenters. The van der Waals surface area contributed by atoms with Crippen LogP contribution >= 0.6 is 0 Å². The standard InChI is InChI=1S/C28H30O5/c1-6-19-10-7-8-13-24(19)25(20-14-16-21(17-15-20)26(29)31-5)32-22-11-9-12-23(18-22)33-27(30)28(2,3)4/h7-18,25H,6H2,1-5H3. The second-order valence-electron chi connectivity index (χ2n) is 8.78. The Bertz CT molecular complexity index is 1110. The lowest BCUT2D eigenvalue weighted by atomic mass is 9.94. The molecule has 0 N–H and O–H groups in total. The predicted molar refractivity (Wildman–Crippen MR) is 128 cm³/mol. The van der Waals surface area contributed by atoms with Crippen LogP contribution in [0.25, 0.3) is 0 Å². The van der Waals surface area contributed by atoms with E-state index in [1.54, 1.807) is 30.3 Å². The number of carbonyl (C=O) groups excluding carboxylic acids is 2. The van der Waals surface area contributed by atoms with Crippen LogP contribution in [-0.2, 0) is 16.0 Å². The number of methoxy groups -OCH3 is 1. The minimum absolute atomic E-state index is 0.314. The Kier molecular flexibility index (Phi) is 7.54. The molecule has 0 aliphatic rings. The number of esters is 2. The van der Waals surface area contributed by atoms with Crippen LogP contribution < -0.4 is 9.47 Å². The Morgan fingerprint density at radius 1 is 0.879 bits per heavy atom. The molecule has 0 aliphatic heterocycles. The van der Waals surface area contributed by atoms with Crippen molar-refractivity contribution in [2.45, 2.75) is 40.2 Å². The molecule has 0 heterocycles. The van der Waals surface area contributed by atoms with E-state index in [0.29, 0.717) is 17.1 Å². The summed E-state index contributed by atoms with van der Waals surface area (Å²) >= 11 is 0. The van der Waals surface area contributed by atoms with E-state index >= 15 is 0 Å². The first-order valence-electron chi connectivity index (χ1n) is 11.0. The smallest absolute Gasteiger partial charge is 0.337 e. The number of hydrogen-bond acceptors (Lipinski definition) is 5. The molecule has 0 saturated carbocycles. The zero-order valence-electron chi connectivity index (χ0n) is 19.8. The van der Waals surface area contributed by atoms with E-state index in [1.807, 2.05) is 57.2 Å². The Morgan fingerprint density at radius 2 is 1.55 bits per heavy atom. The Labute approximate surface area is 195 Å². The summed E-state index contributed by atoms with van der Waals surface area (Å²) < 4.78 is 16.8. The minimum atomic E-state index is -0.610. The second-order valence-corrected chi connectivity index (χ2v) is 8.78. The predicted octanol–water partition coefficient (Wildman–Crippen LogP) is 6.16. The summed E-state index contributed by atoms with van der Waals surface area (Å²) in [5.74, 6) is 0.297. The van der Waals surface area contributed by atoms with Crippen molar-refractivity contribution in [3.8, 4) is 11.5 Å². The monoisotopic (exact) mass is 446 g/mol. The van der Waals surface area contributed by atoms with Gasteiger partial charge in [-0.2, -0.15) is 0 Å². The van der Waals surface area contributed by atoms with E-state index < -0.39 is 11.5 Å². The first-order chi connectivity index (χ1) is 15.7. The van der Waals surface area contributed by atoms with E-state index in [9.17, 15) is 9.59 Å². The van der Waals surface area contributed by atoms with E-state index in [-0.39, 0.29) is 11.9 Å². The highest BCUT2D eigenvalue weighted by Crippen LogP contribution is 2.33. The third-order valence-electron chi connectivity index (χ3n) is 5.24. The molecule has 0 spiro atoms. The fourth-order valence-corrected chi connectivity index (χ4v) is 3.34. The molecular weight excluding hydrogens is 416 g/mol. The van der Waals surface area contributed by atoms with Gasteiger partial charge in [0.1, 0.15) is 17.6 Å². The van der Waals surface area contributed by atoms with Gasteiger partial charge in [0.2, 0.25) is 0 Å². The number of ether oxygens (including phenoxy) is 3. The second kappa shape index (κ2) is 10.3. The average molecular weight is 447 g/mol. The molecule has 3 aromatic carbocycles. The lowest BCUT2D eigenvalue weighted by Crippen LogP contribution is -2.25. The van der Waals surface area contributed by atoms with Crippen LogP contribution in [0.4, 0.5) is 0 Å². The molecule has 33 heavy (non-hydrogen) atoms. The third-order valence-corrected chi connectivity index (χ3v) is 5.24. The summed E-state index contributed by atoms with van der Waals surface area (Å²) in [4.78, 5) is 24.2. The normalized spacial score (nSPS) is 12.0. The molecule has 0 saturated heterocycles. The van der Waals surface area contributed by atoms with Gasteiger partial charge in [-0.05, 0) is 62.6 Å². The summed E-state index contributed by atoms with van der Waals surface area (Å²) in [6, 6.07) is 22.4. The molecule has 0 aromatic heterocycles. The molecule has 0 radical (unpaired) electrons. The molecular formula is C28H30O5. The van der Waals surface area contributed by atoms with Gasteiger partial charge in [0.05, 0.1) is 18.1 Å². The summed E-state index contributed by atoms with van der Waals surface area (Å²) in [6.07, 6.45) is 0.431. The number of aryl methyl sites for hydroxylation is 1. The van der Waals surface area contributed by atoms with Gasteiger partial charge in [0.15, 0.2) is 0 Å². The number of rotatable bonds is 7. The van der Waals surface area contributed by atoms with Crippen LogP contribution in [0.15, 0.2) is 72.8 Å². The Morgan fingerprint density at radius 3 is 2.18 bits per heavy atom. The molecule has 0 bridgehead atoms. The zero-order valence-corrected chi connectivity index (χ0v) is 19.8. The maximum absolute atomic E-state index is 12.3. The molecule has 172 valence electrons. The number of hydrogen-bond donors (Lipinski definition) is 0. The summed E-state index contributed by atoms with van der Waals surface area (Å²) in [5, 5.41) is 0. The zero-order chi connectivity index (χ0) is 24.0. The molecule has 0 aliphatic carbocycles. The third kappa shape index (κ3) is 6.01. The van der Waals surface area contributed by atoms with Crippen molar-refractivity contribution in [1.82, 2.24) is 0 Å². The maximum atomic E-state index is 12.3. The fraction of sp³-hybridized carbons (Fsp3) is 0.286. The molecule has 3 aromatic rings. The van der Waals surface area contributed by atoms with Crippen LogP contribution in [-0.4, -0.2) is 19.0 Å². The summed E-state index contributed by atoms with van der Waals surface area (Å²) in [5.41, 5.74) is 2.94. The highest BCUT2D eigenvalue weighted by atomic mass is 16.5. The number of benzene rings is 3. The first-order valence-corrected chi connectivity index (χ1v) is 11.0. The average Bonchev–Trinajstić information content (AvgIpc) is 2.82. The molecule has 0 amide bonds. The molecule has 0 fully saturated rings. The fourth-order valence-electron chi connectivity index (χ4n) is 3.34. The Hall–Kier alpha value is -3.60. The van der Waals surface area contributed by atoms with Gasteiger partial charge in [0.25, 0.3) is 0 Å². The topological polar surface area (TPSA) is 61.8 Å². The maximum Gasteiger partial charge on any atom is 0.337 e. The van der Waals surface area contributed by atoms with Gasteiger partial charge >= 0.3 is 11.9 Å². The minimum Gasteiger partial charge on any atom is -0.481 e. The van der Waals surface area contributed by atoms with Gasteiger partial charge < -0.3 is 14.2 Å².